The second-order valence-electron chi connectivity index (χ2n) is 6.84. The Morgan fingerprint density at radius 1 is 0.862 bits per heavy atom. The molecule has 0 fully saturated rings. The molecule has 5 heteroatoms. The van der Waals surface area contributed by atoms with Crippen molar-refractivity contribution < 1.29 is 13.9 Å². The summed E-state index contributed by atoms with van der Waals surface area (Å²) < 4.78 is 25.7. The minimum atomic E-state index is -0.257. The summed E-state index contributed by atoms with van der Waals surface area (Å²) in [6, 6.07) is 18.8. The van der Waals surface area contributed by atoms with Crippen molar-refractivity contribution in [1.29, 1.82) is 0 Å². The number of benzene rings is 3. The van der Waals surface area contributed by atoms with Crippen LogP contribution in [0.1, 0.15) is 29.2 Å². The van der Waals surface area contributed by atoms with Crippen LogP contribution in [0.2, 0.25) is 0 Å². The zero-order valence-electron chi connectivity index (χ0n) is 16.7. The lowest BCUT2D eigenvalue weighted by Crippen LogP contribution is -2.13. The highest BCUT2D eigenvalue weighted by Gasteiger charge is 2.13. The van der Waals surface area contributed by atoms with Crippen LogP contribution in [0.25, 0.3) is 0 Å². The van der Waals surface area contributed by atoms with E-state index in [1.54, 1.807) is 12.1 Å². The number of hydrogen-bond acceptors (Lipinski definition) is 3. The lowest BCUT2D eigenvalue weighted by Gasteiger charge is -2.16. The van der Waals surface area contributed by atoms with Crippen LogP contribution in [0.15, 0.2) is 65.1 Å². The molecule has 0 aliphatic heterocycles. The lowest BCUT2D eigenvalue weighted by atomic mass is 10.1. The van der Waals surface area contributed by atoms with Gasteiger partial charge in [-0.25, -0.2) is 4.39 Å². The van der Waals surface area contributed by atoms with E-state index in [2.05, 4.69) is 52.4 Å². The maximum atomic E-state index is 13.1. The molecule has 3 aromatic carbocycles. The van der Waals surface area contributed by atoms with Crippen molar-refractivity contribution in [3.63, 3.8) is 0 Å². The first-order chi connectivity index (χ1) is 14.0. The summed E-state index contributed by atoms with van der Waals surface area (Å²) in [5, 5.41) is 3.46. The van der Waals surface area contributed by atoms with Gasteiger partial charge in [0, 0.05) is 13.1 Å². The molecule has 29 heavy (non-hydrogen) atoms. The van der Waals surface area contributed by atoms with Crippen LogP contribution in [-0.4, -0.2) is 6.61 Å². The predicted octanol–water partition coefficient (Wildman–Crippen LogP) is 6.16. The second-order valence-corrected chi connectivity index (χ2v) is 7.70. The predicted molar refractivity (Wildman–Crippen MR) is 118 cm³/mol. The van der Waals surface area contributed by atoms with Crippen molar-refractivity contribution in [2.24, 2.45) is 0 Å². The molecule has 3 nitrogen and oxygen atoms in total. The zero-order valence-corrected chi connectivity index (χ0v) is 18.3. The van der Waals surface area contributed by atoms with Gasteiger partial charge in [-0.05, 0) is 70.7 Å². The summed E-state index contributed by atoms with van der Waals surface area (Å²) in [5.74, 6) is 1.09. The third kappa shape index (κ3) is 6.31. The summed E-state index contributed by atoms with van der Waals surface area (Å²) in [6.45, 7) is 6.42. The maximum Gasteiger partial charge on any atom is 0.175 e. The molecule has 1 N–H and O–H groups in total. The molecule has 0 bridgehead atoms. The summed E-state index contributed by atoms with van der Waals surface area (Å²) in [4.78, 5) is 0. The van der Waals surface area contributed by atoms with E-state index >= 15 is 0 Å². The SMILES string of the molecule is CCOc1cc(CNCc2ccc(C)cc2)cc(Br)c1OCc1ccc(F)cc1. The van der Waals surface area contributed by atoms with Gasteiger partial charge in [0.15, 0.2) is 11.5 Å². The highest BCUT2D eigenvalue weighted by Crippen LogP contribution is 2.37. The van der Waals surface area contributed by atoms with E-state index in [-0.39, 0.29) is 5.82 Å². The Balaban J connectivity index is 1.66. The summed E-state index contributed by atoms with van der Waals surface area (Å²) >= 11 is 3.61. The van der Waals surface area contributed by atoms with Crippen LogP contribution < -0.4 is 14.8 Å². The van der Waals surface area contributed by atoms with Gasteiger partial charge >= 0.3 is 0 Å². The largest absolute Gasteiger partial charge is 0.490 e. The molecule has 152 valence electrons. The van der Waals surface area contributed by atoms with Crippen LogP contribution >= 0.6 is 15.9 Å². The Morgan fingerprint density at radius 2 is 1.52 bits per heavy atom. The monoisotopic (exact) mass is 457 g/mol. The van der Waals surface area contributed by atoms with Crippen LogP contribution in [0.4, 0.5) is 4.39 Å². The molecule has 0 amide bonds. The van der Waals surface area contributed by atoms with Crippen molar-refractivity contribution >= 4 is 15.9 Å². The summed E-state index contributed by atoms with van der Waals surface area (Å²) in [6.07, 6.45) is 0. The fourth-order valence-electron chi connectivity index (χ4n) is 2.92. The van der Waals surface area contributed by atoms with E-state index in [1.807, 2.05) is 19.1 Å². The van der Waals surface area contributed by atoms with Crippen LogP contribution in [-0.2, 0) is 19.7 Å². The molecule has 0 aromatic heterocycles. The van der Waals surface area contributed by atoms with Gasteiger partial charge in [-0.15, -0.1) is 0 Å². The van der Waals surface area contributed by atoms with Crippen LogP contribution in [0.3, 0.4) is 0 Å². The molecule has 0 aliphatic carbocycles. The smallest absolute Gasteiger partial charge is 0.175 e. The first-order valence-electron chi connectivity index (χ1n) is 9.64. The molecular weight excluding hydrogens is 433 g/mol. The molecule has 0 unspecified atom stereocenters. The van der Waals surface area contributed by atoms with E-state index in [4.69, 9.17) is 9.47 Å². The van der Waals surface area contributed by atoms with Crippen molar-refractivity contribution in [2.75, 3.05) is 6.61 Å². The number of nitrogens with one attached hydrogen (secondary N) is 1. The molecule has 3 rings (SSSR count). The molecule has 0 heterocycles. The molecule has 0 saturated heterocycles. The minimum absolute atomic E-state index is 0.257. The van der Waals surface area contributed by atoms with Crippen molar-refractivity contribution in [2.45, 2.75) is 33.5 Å². The Labute approximate surface area is 180 Å². The molecule has 0 spiro atoms. The summed E-state index contributed by atoms with van der Waals surface area (Å²) in [5.41, 5.74) is 4.50. The fourth-order valence-corrected chi connectivity index (χ4v) is 3.52. The van der Waals surface area contributed by atoms with Crippen molar-refractivity contribution in [3.8, 4) is 11.5 Å². The quantitative estimate of drug-likeness (QED) is 0.417. The molecular formula is C24H25BrFNO2. The second kappa shape index (κ2) is 10.4. The van der Waals surface area contributed by atoms with Gasteiger partial charge < -0.3 is 14.8 Å². The molecule has 0 saturated carbocycles. The van der Waals surface area contributed by atoms with Gasteiger partial charge in [0.2, 0.25) is 0 Å². The van der Waals surface area contributed by atoms with Gasteiger partial charge in [0.05, 0.1) is 11.1 Å². The topological polar surface area (TPSA) is 30.5 Å². The Hall–Kier alpha value is -2.37. The standard InChI is InChI=1S/C24H25BrFNO2/c1-3-28-23-13-20(15-27-14-18-6-4-17(2)5-7-18)12-22(25)24(23)29-16-19-8-10-21(26)11-9-19/h4-13,27H,3,14-16H2,1-2H3. The van der Waals surface area contributed by atoms with Gasteiger partial charge in [-0.3, -0.25) is 0 Å². The lowest BCUT2D eigenvalue weighted by molar-refractivity contribution is 0.267. The van der Waals surface area contributed by atoms with Gasteiger partial charge in [0.25, 0.3) is 0 Å². The summed E-state index contributed by atoms with van der Waals surface area (Å²) in [7, 11) is 0. The van der Waals surface area contributed by atoms with E-state index < -0.39 is 0 Å². The minimum Gasteiger partial charge on any atom is -0.490 e. The number of hydrogen-bond donors (Lipinski definition) is 1. The van der Waals surface area contributed by atoms with Crippen LogP contribution in [0, 0.1) is 12.7 Å². The average Bonchev–Trinajstić information content (AvgIpc) is 2.70. The maximum absolute atomic E-state index is 13.1. The number of ether oxygens (including phenoxy) is 2. The van der Waals surface area contributed by atoms with Crippen molar-refractivity contribution in [3.05, 3.63) is 93.2 Å². The number of rotatable bonds is 9. The Bertz CT molecular complexity index is 927. The van der Waals surface area contributed by atoms with E-state index in [0.717, 1.165) is 22.1 Å². The third-order valence-electron chi connectivity index (χ3n) is 4.44. The highest BCUT2D eigenvalue weighted by molar-refractivity contribution is 9.10. The normalized spacial score (nSPS) is 10.8. The van der Waals surface area contributed by atoms with E-state index in [0.29, 0.717) is 31.3 Å². The van der Waals surface area contributed by atoms with E-state index in [1.165, 1.54) is 23.3 Å². The molecule has 0 radical (unpaired) electrons. The number of halogens is 2. The molecule has 0 aliphatic rings. The first-order valence-corrected chi connectivity index (χ1v) is 10.4. The molecule has 3 aromatic rings. The Morgan fingerprint density at radius 3 is 2.21 bits per heavy atom. The van der Waals surface area contributed by atoms with Crippen molar-refractivity contribution in [1.82, 2.24) is 5.32 Å². The highest BCUT2D eigenvalue weighted by atomic mass is 79.9. The van der Waals surface area contributed by atoms with Gasteiger partial charge in [-0.2, -0.15) is 0 Å². The van der Waals surface area contributed by atoms with Gasteiger partial charge in [-0.1, -0.05) is 42.0 Å². The van der Waals surface area contributed by atoms with Gasteiger partial charge in [0.1, 0.15) is 12.4 Å². The molecule has 0 atom stereocenters. The zero-order chi connectivity index (χ0) is 20.6. The number of aryl methyl sites for hydroxylation is 1. The fraction of sp³-hybridized carbons (Fsp3) is 0.250. The Kier molecular flexibility index (Phi) is 7.67. The van der Waals surface area contributed by atoms with Crippen LogP contribution in [0.5, 0.6) is 11.5 Å². The third-order valence-corrected chi connectivity index (χ3v) is 5.03. The van der Waals surface area contributed by atoms with E-state index in [9.17, 15) is 4.39 Å². The first kappa shape index (κ1) is 21.3. The average molecular weight is 458 g/mol.